The number of Topliss-reactive ketones (excluding diaryl/α,β-unsaturated/α-hetero) is 1. The molecule has 1 amide bonds. The molecule has 0 aliphatic carbocycles. The van der Waals surface area contributed by atoms with Crippen LogP contribution in [0.25, 0.3) is 0 Å². The number of rotatable bonds is 10. The molecule has 1 N–H and O–H groups in total. The highest BCUT2D eigenvalue weighted by Gasteiger charge is 2.14. The minimum absolute atomic E-state index is 0.103. The van der Waals surface area contributed by atoms with Gasteiger partial charge < -0.3 is 19.5 Å². The molecular formula is C20H23NO5S. The lowest BCUT2D eigenvalue weighted by molar-refractivity contribution is -0.113. The van der Waals surface area contributed by atoms with Crippen molar-refractivity contribution in [3.63, 3.8) is 0 Å². The van der Waals surface area contributed by atoms with Crippen LogP contribution in [-0.4, -0.2) is 44.0 Å². The van der Waals surface area contributed by atoms with Gasteiger partial charge in [-0.15, -0.1) is 11.8 Å². The van der Waals surface area contributed by atoms with Crippen molar-refractivity contribution >= 4 is 29.1 Å². The van der Waals surface area contributed by atoms with Gasteiger partial charge in [-0.05, 0) is 43.3 Å². The van der Waals surface area contributed by atoms with Gasteiger partial charge in [0.2, 0.25) is 5.91 Å². The smallest absolute Gasteiger partial charge is 0.234 e. The highest BCUT2D eigenvalue weighted by Crippen LogP contribution is 2.26. The standard InChI is InChI=1S/C20H23NO5S/c1-4-26-15-7-5-14(6-8-15)21-20(23)13-27-12-18(22)17-10-9-16(24-2)11-19(17)25-3/h5-11H,4,12-13H2,1-3H3,(H,21,23). The number of methoxy groups -OCH3 is 2. The van der Waals surface area contributed by atoms with Gasteiger partial charge in [-0.3, -0.25) is 9.59 Å². The third kappa shape index (κ3) is 6.21. The van der Waals surface area contributed by atoms with Gasteiger partial charge in [0, 0.05) is 11.8 Å². The number of hydrogen-bond donors (Lipinski definition) is 1. The number of carbonyl (C=O) groups excluding carboxylic acids is 2. The number of nitrogens with one attached hydrogen (secondary N) is 1. The first-order chi connectivity index (χ1) is 13.1. The molecule has 144 valence electrons. The lowest BCUT2D eigenvalue weighted by Crippen LogP contribution is -2.15. The fourth-order valence-corrected chi connectivity index (χ4v) is 3.04. The van der Waals surface area contributed by atoms with Gasteiger partial charge in [0.25, 0.3) is 0 Å². The molecular weight excluding hydrogens is 366 g/mol. The van der Waals surface area contributed by atoms with Crippen LogP contribution >= 0.6 is 11.8 Å². The second-order valence-corrected chi connectivity index (χ2v) is 6.47. The van der Waals surface area contributed by atoms with Crippen LogP contribution in [0.5, 0.6) is 17.2 Å². The van der Waals surface area contributed by atoms with Crippen LogP contribution in [0.3, 0.4) is 0 Å². The summed E-state index contributed by atoms with van der Waals surface area (Å²) < 4.78 is 15.7. The van der Waals surface area contributed by atoms with E-state index >= 15 is 0 Å². The molecule has 0 unspecified atom stereocenters. The first kappa shape index (κ1) is 20.6. The number of amides is 1. The van der Waals surface area contributed by atoms with E-state index in [2.05, 4.69) is 5.32 Å². The predicted octanol–water partition coefficient (Wildman–Crippen LogP) is 3.66. The van der Waals surface area contributed by atoms with E-state index in [9.17, 15) is 9.59 Å². The van der Waals surface area contributed by atoms with Crippen molar-refractivity contribution in [3.05, 3.63) is 48.0 Å². The quantitative estimate of drug-likeness (QED) is 0.625. The number of hydrogen-bond acceptors (Lipinski definition) is 6. The summed E-state index contributed by atoms with van der Waals surface area (Å²) in [5.74, 6) is 1.91. The molecule has 27 heavy (non-hydrogen) atoms. The Labute approximate surface area is 163 Å². The summed E-state index contributed by atoms with van der Waals surface area (Å²) in [6.45, 7) is 2.51. The number of carbonyl (C=O) groups is 2. The Balaban J connectivity index is 1.83. The van der Waals surface area contributed by atoms with Crippen LogP contribution in [0.15, 0.2) is 42.5 Å². The second kappa shape index (κ2) is 10.5. The van der Waals surface area contributed by atoms with Gasteiger partial charge in [-0.2, -0.15) is 0 Å². The van der Waals surface area contributed by atoms with Crippen molar-refractivity contribution in [2.24, 2.45) is 0 Å². The zero-order valence-corrected chi connectivity index (χ0v) is 16.4. The Morgan fingerprint density at radius 3 is 2.30 bits per heavy atom. The van der Waals surface area contributed by atoms with Crippen molar-refractivity contribution in [1.82, 2.24) is 0 Å². The van der Waals surface area contributed by atoms with E-state index in [1.807, 2.05) is 6.92 Å². The summed E-state index contributed by atoms with van der Waals surface area (Å²) in [4.78, 5) is 24.4. The van der Waals surface area contributed by atoms with Gasteiger partial charge in [-0.1, -0.05) is 0 Å². The van der Waals surface area contributed by atoms with Crippen LogP contribution < -0.4 is 19.5 Å². The molecule has 6 nitrogen and oxygen atoms in total. The van der Waals surface area contributed by atoms with Gasteiger partial charge in [-0.25, -0.2) is 0 Å². The summed E-state index contributed by atoms with van der Waals surface area (Å²) in [6.07, 6.45) is 0. The summed E-state index contributed by atoms with van der Waals surface area (Å²) in [6, 6.07) is 12.2. The van der Waals surface area contributed by atoms with Crippen molar-refractivity contribution < 1.29 is 23.8 Å². The lowest BCUT2D eigenvalue weighted by atomic mass is 10.1. The maximum absolute atomic E-state index is 12.4. The van der Waals surface area contributed by atoms with E-state index in [1.54, 1.807) is 49.6 Å². The molecule has 0 radical (unpaired) electrons. The average molecular weight is 389 g/mol. The van der Waals surface area contributed by atoms with Crippen molar-refractivity contribution in [3.8, 4) is 17.2 Å². The monoisotopic (exact) mass is 389 g/mol. The Morgan fingerprint density at radius 1 is 0.963 bits per heavy atom. The molecule has 0 aliphatic heterocycles. The average Bonchev–Trinajstić information content (AvgIpc) is 2.69. The zero-order valence-electron chi connectivity index (χ0n) is 15.6. The van der Waals surface area contributed by atoms with Crippen LogP contribution in [0, 0.1) is 0 Å². The van der Waals surface area contributed by atoms with E-state index in [4.69, 9.17) is 14.2 Å². The van der Waals surface area contributed by atoms with Crippen LogP contribution in [0.1, 0.15) is 17.3 Å². The van der Waals surface area contributed by atoms with Gasteiger partial charge in [0.05, 0.1) is 37.9 Å². The maximum atomic E-state index is 12.4. The fourth-order valence-electron chi connectivity index (χ4n) is 2.34. The topological polar surface area (TPSA) is 73.9 Å². The number of ether oxygens (including phenoxy) is 3. The molecule has 0 heterocycles. The SMILES string of the molecule is CCOc1ccc(NC(=O)CSCC(=O)c2ccc(OC)cc2OC)cc1. The first-order valence-electron chi connectivity index (χ1n) is 8.43. The van der Waals surface area contributed by atoms with Gasteiger partial charge >= 0.3 is 0 Å². The number of ketones is 1. The summed E-state index contributed by atoms with van der Waals surface area (Å²) in [5.41, 5.74) is 1.16. The van der Waals surface area contributed by atoms with E-state index in [1.165, 1.54) is 18.9 Å². The van der Waals surface area contributed by atoms with Crippen molar-refractivity contribution in [2.75, 3.05) is 37.6 Å². The third-order valence-corrected chi connectivity index (χ3v) is 4.56. The summed E-state index contributed by atoms with van der Waals surface area (Å²) in [7, 11) is 3.05. The third-order valence-electron chi connectivity index (χ3n) is 3.62. The number of benzene rings is 2. The summed E-state index contributed by atoms with van der Waals surface area (Å²) >= 11 is 1.25. The predicted molar refractivity (Wildman–Crippen MR) is 107 cm³/mol. The van der Waals surface area contributed by atoms with Crippen LogP contribution in [-0.2, 0) is 4.79 Å². The van der Waals surface area contributed by atoms with E-state index in [0.29, 0.717) is 29.4 Å². The molecule has 0 bridgehead atoms. The van der Waals surface area contributed by atoms with Crippen LogP contribution in [0.4, 0.5) is 5.69 Å². The first-order valence-corrected chi connectivity index (χ1v) is 9.58. The highest BCUT2D eigenvalue weighted by atomic mass is 32.2. The Kier molecular flexibility index (Phi) is 8.00. The maximum Gasteiger partial charge on any atom is 0.234 e. The minimum atomic E-state index is -0.168. The fraction of sp³-hybridized carbons (Fsp3) is 0.300. The molecule has 2 rings (SSSR count). The molecule has 2 aromatic rings. The van der Waals surface area contributed by atoms with Crippen LogP contribution in [0.2, 0.25) is 0 Å². The molecule has 7 heteroatoms. The van der Waals surface area contributed by atoms with E-state index in [0.717, 1.165) is 5.75 Å². The molecule has 0 fully saturated rings. The highest BCUT2D eigenvalue weighted by molar-refractivity contribution is 8.00. The molecule has 0 atom stereocenters. The number of anilines is 1. The molecule has 2 aromatic carbocycles. The molecule has 0 spiro atoms. The summed E-state index contributed by atoms with van der Waals surface area (Å²) in [5, 5.41) is 2.79. The Hall–Kier alpha value is -2.67. The van der Waals surface area contributed by atoms with E-state index < -0.39 is 0 Å². The Morgan fingerprint density at radius 2 is 1.67 bits per heavy atom. The van der Waals surface area contributed by atoms with Crippen molar-refractivity contribution in [1.29, 1.82) is 0 Å². The van der Waals surface area contributed by atoms with Gasteiger partial charge in [0.1, 0.15) is 17.2 Å². The minimum Gasteiger partial charge on any atom is -0.497 e. The zero-order chi connectivity index (χ0) is 19.6. The molecule has 0 saturated carbocycles. The van der Waals surface area contributed by atoms with Crippen molar-refractivity contribution in [2.45, 2.75) is 6.92 Å². The second-order valence-electron chi connectivity index (χ2n) is 5.49. The lowest BCUT2D eigenvalue weighted by Gasteiger charge is -2.10. The largest absolute Gasteiger partial charge is 0.497 e. The molecule has 0 aromatic heterocycles. The molecule has 0 saturated heterocycles. The number of thioether (sulfide) groups is 1. The molecule has 0 aliphatic rings. The van der Waals surface area contributed by atoms with E-state index in [-0.39, 0.29) is 23.2 Å². The normalized spacial score (nSPS) is 10.2. The Bertz CT molecular complexity index is 776. The van der Waals surface area contributed by atoms with Gasteiger partial charge in [0.15, 0.2) is 5.78 Å².